The zero-order chi connectivity index (χ0) is 17.3. The number of hydrogen-bond acceptors (Lipinski definition) is 4. The van der Waals surface area contributed by atoms with Gasteiger partial charge in [0.1, 0.15) is 0 Å². The van der Waals surface area contributed by atoms with Crippen LogP contribution in [0.1, 0.15) is 58.8 Å². The lowest BCUT2D eigenvalue weighted by atomic mass is 9.43. The Hall–Kier alpha value is -0.580. The van der Waals surface area contributed by atoms with Crippen molar-refractivity contribution in [2.24, 2.45) is 34.5 Å². The third-order valence-corrected chi connectivity index (χ3v) is 8.70. The molecule has 1 unspecified atom stereocenters. The van der Waals surface area contributed by atoms with Crippen LogP contribution in [0.4, 0.5) is 0 Å². The van der Waals surface area contributed by atoms with Gasteiger partial charge in [0, 0.05) is 5.92 Å². The van der Waals surface area contributed by atoms with Crippen LogP contribution in [0.15, 0.2) is 11.8 Å². The third-order valence-electron chi connectivity index (χ3n) is 8.70. The molecule has 9 atom stereocenters. The second-order valence-corrected chi connectivity index (χ2v) is 9.50. The molecule has 4 N–H and O–H groups in total. The average molecular weight is 336 g/mol. The van der Waals surface area contributed by atoms with Gasteiger partial charge < -0.3 is 20.4 Å². The minimum Gasteiger partial charge on any atom is -0.516 e. The van der Waals surface area contributed by atoms with Crippen molar-refractivity contribution in [2.45, 2.75) is 77.1 Å². The summed E-state index contributed by atoms with van der Waals surface area (Å²) in [5, 5.41) is 41.3. The molecule has 4 nitrogen and oxygen atoms in total. The van der Waals surface area contributed by atoms with E-state index in [1.54, 1.807) is 0 Å². The Bertz CT molecular complexity index is 546. The third kappa shape index (κ3) is 2.02. The first-order valence-electron chi connectivity index (χ1n) is 9.70. The highest BCUT2D eigenvalue weighted by atomic mass is 16.3. The first-order chi connectivity index (χ1) is 11.3. The maximum atomic E-state index is 10.7. The van der Waals surface area contributed by atoms with Gasteiger partial charge in [0.2, 0.25) is 0 Å². The summed E-state index contributed by atoms with van der Waals surface area (Å²) in [4.78, 5) is 0. The van der Waals surface area contributed by atoms with Gasteiger partial charge in [0.15, 0.2) is 0 Å². The van der Waals surface area contributed by atoms with E-state index in [2.05, 4.69) is 13.8 Å². The summed E-state index contributed by atoms with van der Waals surface area (Å²) >= 11 is 0. The van der Waals surface area contributed by atoms with E-state index in [1.165, 1.54) is 6.26 Å². The predicted molar refractivity (Wildman–Crippen MR) is 91.2 cm³/mol. The number of fused-ring (bicyclic) bond motifs is 5. The van der Waals surface area contributed by atoms with Crippen LogP contribution in [0.5, 0.6) is 0 Å². The fraction of sp³-hybridized carbons (Fsp3) is 0.900. The summed E-state index contributed by atoms with van der Waals surface area (Å²) in [7, 11) is 0. The van der Waals surface area contributed by atoms with Gasteiger partial charge in [0.25, 0.3) is 0 Å². The van der Waals surface area contributed by atoms with Gasteiger partial charge in [-0.25, -0.2) is 0 Å². The molecule has 0 amide bonds. The molecule has 0 aliphatic heterocycles. The molecule has 0 aromatic rings. The predicted octanol–water partition coefficient (Wildman–Crippen LogP) is 2.77. The van der Waals surface area contributed by atoms with Gasteiger partial charge in [-0.3, -0.25) is 0 Å². The Morgan fingerprint density at radius 3 is 2.29 bits per heavy atom. The van der Waals surface area contributed by atoms with Gasteiger partial charge in [-0.15, -0.1) is 0 Å². The molecule has 4 fully saturated rings. The number of rotatable bonds is 0. The largest absolute Gasteiger partial charge is 0.516 e. The Labute approximate surface area is 144 Å². The van der Waals surface area contributed by atoms with Crippen molar-refractivity contribution in [3.63, 3.8) is 0 Å². The highest BCUT2D eigenvalue weighted by Gasteiger charge is 2.62. The molecule has 0 bridgehead atoms. The van der Waals surface area contributed by atoms with Crippen LogP contribution in [0.2, 0.25) is 0 Å². The SMILES string of the molecule is C[C@]12CC[C@H](O)C(O)[C@@H]1/C(=C/O)C[C@@H]1[C@@H]2CC[C@]2(C)[C@@H](O)CC[C@@H]12. The summed E-state index contributed by atoms with van der Waals surface area (Å²) in [6.45, 7) is 4.52. The van der Waals surface area contributed by atoms with Crippen LogP contribution in [0, 0.1) is 34.5 Å². The summed E-state index contributed by atoms with van der Waals surface area (Å²) < 4.78 is 0. The Morgan fingerprint density at radius 1 is 0.917 bits per heavy atom. The van der Waals surface area contributed by atoms with Crippen LogP contribution < -0.4 is 0 Å². The monoisotopic (exact) mass is 336 g/mol. The van der Waals surface area contributed by atoms with Crippen molar-refractivity contribution in [3.05, 3.63) is 11.8 Å². The molecule has 4 aliphatic carbocycles. The van der Waals surface area contributed by atoms with Crippen molar-refractivity contribution in [2.75, 3.05) is 0 Å². The fourth-order valence-corrected chi connectivity index (χ4v) is 7.35. The zero-order valence-corrected chi connectivity index (χ0v) is 14.9. The molecule has 0 radical (unpaired) electrons. The summed E-state index contributed by atoms with van der Waals surface area (Å²) in [6.07, 6.45) is 6.00. The number of aliphatic hydroxyl groups is 4. The minimum absolute atomic E-state index is 0.0116. The van der Waals surface area contributed by atoms with Crippen molar-refractivity contribution in [1.82, 2.24) is 0 Å². The molecule has 4 rings (SSSR count). The lowest BCUT2D eigenvalue weighted by Gasteiger charge is -2.62. The molecule has 4 heteroatoms. The van der Waals surface area contributed by atoms with Gasteiger partial charge in [0.05, 0.1) is 24.6 Å². The second-order valence-electron chi connectivity index (χ2n) is 9.50. The molecule has 24 heavy (non-hydrogen) atoms. The van der Waals surface area contributed by atoms with Crippen LogP contribution in [0.25, 0.3) is 0 Å². The van der Waals surface area contributed by atoms with Gasteiger partial charge in [-0.05, 0) is 79.1 Å². The summed E-state index contributed by atoms with van der Waals surface area (Å²) in [5.41, 5.74) is 0.860. The fourth-order valence-electron chi connectivity index (χ4n) is 7.35. The van der Waals surface area contributed by atoms with E-state index in [1.807, 2.05) is 0 Å². The highest BCUT2D eigenvalue weighted by molar-refractivity contribution is 5.23. The lowest BCUT2D eigenvalue weighted by molar-refractivity contribution is -0.157. The Kier molecular flexibility index (Phi) is 3.83. The molecule has 4 saturated carbocycles. The molecule has 0 spiro atoms. The quantitative estimate of drug-likeness (QED) is 0.513. The molecule has 0 aromatic heterocycles. The second kappa shape index (κ2) is 5.46. The van der Waals surface area contributed by atoms with E-state index in [0.29, 0.717) is 24.2 Å². The smallest absolute Gasteiger partial charge is 0.0870 e. The highest BCUT2D eigenvalue weighted by Crippen LogP contribution is 2.67. The van der Waals surface area contributed by atoms with E-state index in [0.717, 1.165) is 44.1 Å². The first kappa shape index (κ1) is 16.9. The van der Waals surface area contributed by atoms with E-state index in [-0.39, 0.29) is 22.9 Å². The normalized spacial score (nSPS) is 58.9. The molecule has 4 aliphatic rings. The summed E-state index contributed by atoms with van der Waals surface area (Å²) in [6, 6.07) is 0. The first-order valence-corrected chi connectivity index (χ1v) is 9.70. The van der Waals surface area contributed by atoms with E-state index in [9.17, 15) is 20.4 Å². The van der Waals surface area contributed by atoms with Crippen LogP contribution >= 0.6 is 0 Å². The standard InChI is InChI=1S/C20H32O4/c1-19-7-5-14-12(13(19)3-4-16(19)23)9-11(10-21)17-18(24)15(22)6-8-20(14,17)2/h10,12-18,21-24H,3-9H2,1-2H3/b11-10+/t12-,13-,14-,15-,16-,17-,18?,19-,20+/m0/s1. The maximum Gasteiger partial charge on any atom is 0.0870 e. The van der Waals surface area contributed by atoms with Crippen molar-refractivity contribution >= 4 is 0 Å². The molecule has 0 heterocycles. The minimum atomic E-state index is -0.773. The van der Waals surface area contributed by atoms with Crippen molar-refractivity contribution < 1.29 is 20.4 Å². The van der Waals surface area contributed by atoms with E-state index in [4.69, 9.17) is 0 Å². The van der Waals surface area contributed by atoms with E-state index >= 15 is 0 Å². The molecular formula is C20H32O4. The van der Waals surface area contributed by atoms with E-state index < -0.39 is 12.2 Å². The lowest BCUT2D eigenvalue weighted by Crippen LogP contribution is -2.59. The average Bonchev–Trinajstić information content (AvgIpc) is 2.86. The molecule has 136 valence electrons. The Balaban J connectivity index is 1.73. The van der Waals surface area contributed by atoms with Crippen LogP contribution in [0.3, 0.4) is 0 Å². The molecular weight excluding hydrogens is 304 g/mol. The molecule has 0 saturated heterocycles. The van der Waals surface area contributed by atoms with Crippen molar-refractivity contribution in [3.8, 4) is 0 Å². The maximum absolute atomic E-state index is 10.7. The van der Waals surface area contributed by atoms with Gasteiger partial charge in [-0.2, -0.15) is 0 Å². The van der Waals surface area contributed by atoms with Crippen molar-refractivity contribution in [1.29, 1.82) is 0 Å². The number of hydrogen-bond donors (Lipinski definition) is 4. The molecule has 0 aromatic carbocycles. The number of aliphatic hydroxyl groups excluding tert-OH is 4. The van der Waals surface area contributed by atoms with Crippen LogP contribution in [-0.2, 0) is 0 Å². The zero-order valence-electron chi connectivity index (χ0n) is 14.9. The topological polar surface area (TPSA) is 80.9 Å². The van der Waals surface area contributed by atoms with Gasteiger partial charge in [-0.1, -0.05) is 13.8 Å². The Morgan fingerprint density at radius 2 is 1.58 bits per heavy atom. The summed E-state index contributed by atoms with van der Waals surface area (Å²) in [5.74, 6) is 1.35. The van der Waals surface area contributed by atoms with Gasteiger partial charge >= 0.3 is 0 Å². The van der Waals surface area contributed by atoms with Crippen LogP contribution in [-0.4, -0.2) is 38.7 Å².